The Morgan fingerprint density at radius 2 is 1.43 bits per heavy atom. The first kappa shape index (κ1) is 78.2. The zero-order valence-electron chi connectivity index (χ0n) is 61.0. The molecule has 0 atom stereocenters. The molecule has 5 aliphatic heterocycles. The molecular weight excluding hydrogens is 1470 g/mol. The number of methoxy groups -OCH3 is 2. The molecule has 0 aliphatic carbocycles. The van der Waals surface area contributed by atoms with Crippen LogP contribution in [0.15, 0.2) is 91.5 Å². The zero-order chi connectivity index (χ0) is 74.9. The van der Waals surface area contributed by atoms with Gasteiger partial charge in [0.1, 0.15) is 65.3 Å². The first-order valence-electron chi connectivity index (χ1n) is 35.8. The Labute approximate surface area is 647 Å². The van der Waals surface area contributed by atoms with Gasteiger partial charge in [0.25, 0.3) is 0 Å². The van der Waals surface area contributed by atoms with E-state index in [0.717, 1.165) is 155 Å². The highest BCUT2D eigenvalue weighted by atomic mass is 35.5. The van der Waals surface area contributed by atoms with Crippen LogP contribution < -0.4 is 48.7 Å². The number of likely N-dealkylation sites (N-methyl/N-ethyl adjacent to an activating group) is 2. The Bertz CT molecular complexity index is 4570. The van der Waals surface area contributed by atoms with Gasteiger partial charge in [0.15, 0.2) is 33.9 Å². The van der Waals surface area contributed by atoms with E-state index in [1.807, 2.05) is 56.3 Å². The molecule has 0 saturated carbocycles. The van der Waals surface area contributed by atoms with E-state index in [1.54, 1.807) is 56.9 Å². The summed E-state index contributed by atoms with van der Waals surface area (Å²) in [7, 11) is 7.50. The highest BCUT2D eigenvalue weighted by Gasteiger charge is 2.27. The minimum Gasteiger partial charge on any atom is -0.495 e. The molecule has 5 aliphatic rings. The smallest absolute Gasteiger partial charge is 0.231 e. The zero-order valence-corrected chi connectivity index (χ0v) is 64.8. The second kappa shape index (κ2) is 37.6. The minimum absolute atomic E-state index is 0.0166. The molecule has 30 heteroatoms. The summed E-state index contributed by atoms with van der Waals surface area (Å²) in [5.74, 6) is 7.05. The number of aliphatic hydroxyl groups excluding tert-OH is 1. The number of fused-ring (bicyclic) bond motifs is 3. The van der Waals surface area contributed by atoms with E-state index >= 15 is 0 Å². The van der Waals surface area contributed by atoms with E-state index in [0.29, 0.717) is 144 Å². The van der Waals surface area contributed by atoms with E-state index in [2.05, 4.69) is 88.9 Å². The summed E-state index contributed by atoms with van der Waals surface area (Å²) in [4.78, 5) is 58.2. The van der Waals surface area contributed by atoms with E-state index in [1.165, 1.54) is 17.7 Å². The number of halogens is 4. The molecule has 9 heterocycles. The SMILES string of the molecule is CN1CCN(CCOc2cc(OC3CCOCC3)c3c(Nc4c(Cl)ccc5c4OCO5)ncnc3c2)CC1.Cc1nc(Nc2ncc(C(=O)Cc3c(C)cccc3Cl)s2)cc(N2CCN(CCO)CC2)n1.[C-]#[N+]c1cnc2cc(OCCCN3CCN(C)CC3)c(OC)cc2c1Cc1cc(OC)c(Cl)cc1Cl. The monoisotopic (exact) mass is 1560 g/mol. The average molecular weight is 1560 g/mol. The average Bonchev–Trinajstić information content (AvgIpc) is 1.58. The third-order valence-electron chi connectivity index (χ3n) is 19.3. The van der Waals surface area contributed by atoms with Crippen molar-refractivity contribution in [2.75, 3.05) is 182 Å². The van der Waals surface area contributed by atoms with Crippen molar-refractivity contribution in [3.63, 3.8) is 0 Å². The number of aromatic nitrogens is 6. The number of carbonyl (C=O) groups excluding carboxylic acids is 1. The van der Waals surface area contributed by atoms with Gasteiger partial charge >= 0.3 is 0 Å². The molecule has 4 fully saturated rings. The van der Waals surface area contributed by atoms with Crippen LogP contribution in [0.3, 0.4) is 0 Å². The van der Waals surface area contributed by atoms with Gasteiger partial charge in [0.2, 0.25) is 12.5 Å². The Morgan fingerprint density at radius 1 is 0.692 bits per heavy atom. The number of piperazine rings is 3. The number of benzene rings is 5. The third-order valence-corrected chi connectivity index (χ3v) is 21.6. The number of rotatable bonds is 25. The largest absolute Gasteiger partial charge is 0.495 e. The topological polar surface area (TPSA) is 236 Å². The summed E-state index contributed by atoms with van der Waals surface area (Å²) in [6.45, 7) is 29.0. The van der Waals surface area contributed by atoms with Gasteiger partial charge < -0.3 is 73.2 Å². The Kier molecular flexibility index (Phi) is 27.5. The van der Waals surface area contributed by atoms with Crippen LogP contribution in [-0.2, 0) is 17.6 Å². The second-order valence-electron chi connectivity index (χ2n) is 26.6. The van der Waals surface area contributed by atoms with Crippen LogP contribution >= 0.6 is 57.7 Å². The van der Waals surface area contributed by atoms with E-state index in [4.69, 9.17) is 96.0 Å². The van der Waals surface area contributed by atoms with Gasteiger partial charge in [-0.3, -0.25) is 19.6 Å². The number of carbonyl (C=O) groups is 1. The summed E-state index contributed by atoms with van der Waals surface area (Å²) in [6, 6.07) is 22.2. The van der Waals surface area contributed by atoms with Crippen LogP contribution in [0.4, 0.5) is 34.0 Å². The lowest BCUT2D eigenvalue weighted by atomic mass is 9.99. The summed E-state index contributed by atoms with van der Waals surface area (Å²) in [5, 5.41) is 19.9. The maximum Gasteiger partial charge on any atom is 0.231 e. The number of β-amino-alcohol motifs (C(OH)–C–C–N with tert-alkyl or cyclic N) is 1. The van der Waals surface area contributed by atoms with Crippen molar-refractivity contribution >= 4 is 119 Å². The quantitative estimate of drug-likeness (QED) is 0.0274. The van der Waals surface area contributed by atoms with E-state index in [-0.39, 0.29) is 31.7 Å². The predicted molar refractivity (Wildman–Crippen MR) is 421 cm³/mol. The lowest BCUT2D eigenvalue weighted by Gasteiger charge is -2.35. The fraction of sp³-hybridized carbons (Fsp3) is 0.429. The lowest BCUT2D eigenvalue weighted by molar-refractivity contribution is 0.0261. The molecule has 0 bridgehead atoms. The number of nitrogens with zero attached hydrogens (tertiary/aromatic N) is 13. The van der Waals surface area contributed by atoms with Gasteiger partial charge in [0.05, 0.1) is 84.8 Å². The molecule has 4 aromatic heterocycles. The molecule has 0 spiro atoms. The molecule has 107 heavy (non-hydrogen) atoms. The molecule has 9 aromatic rings. The highest BCUT2D eigenvalue weighted by molar-refractivity contribution is 7.17. The van der Waals surface area contributed by atoms with Crippen LogP contribution in [0.5, 0.6) is 40.2 Å². The maximum absolute atomic E-state index is 12.8. The number of aliphatic hydroxyl groups is 1. The van der Waals surface area contributed by atoms with Gasteiger partial charge in [-0.15, -0.1) is 0 Å². The van der Waals surface area contributed by atoms with Crippen LogP contribution in [0.2, 0.25) is 20.1 Å². The minimum atomic E-state index is -0.0166. The van der Waals surface area contributed by atoms with Gasteiger partial charge in [-0.05, 0) is 105 Å². The first-order valence-corrected chi connectivity index (χ1v) is 38.1. The standard InChI is InChI=1S/C27H30Cl2N4O3.C27H32ClN5O5.C23H27ClN6O2S/c1-30-24-17-31-23-16-27(36-11-5-6-33-9-7-32(2)8-10-33)26(35-4)14-20(23)19(24)12-18-13-25(34-3)22(29)15-21(18)28;1-32-6-8-33(9-7-32)10-13-35-19-14-21-24(23(15-19)38-18-4-11-34-12-5-18)27(30-16-29-21)31-25-20(28)2-3-22-26(25)37-17-36-22;1-15-4-3-5-18(24)17(15)12-19(32)20-14-25-23(33-20)28-21-13-22(27-16(2)26-21)30-8-6-29(7-9-30)10-11-31/h13-17H,5-12H2,2-4H3;2-3,14-16,18H,4-13,17H2,1H3,(H,29,30,31);3-5,13-14,31H,6-12H2,1-2H3,(H,25,26,27,28). The van der Waals surface area contributed by atoms with Gasteiger partial charge in [-0.25, -0.2) is 29.8 Å². The predicted octanol–water partition coefficient (Wildman–Crippen LogP) is 13.1. The number of aryl methyl sites for hydroxylation is 2. The van der Waals surface area contributed by atoms with Gasteiger partial charge in [-0.2, -0.15) is 0 Å². The fourth-order valence-corrected chi connectivity index (χ4v) is 14.9. The lowest BCUT2D eigenvalue weighted by Crippen LogP contribution is -2.47. The number of hydrogen-bond acceptors (Lipinski definition) is 25. The Hall–Kier alpha value is -8.40. The first-order chi connectivity index (χ1) is 52.0. The van der Waals surface area contributed by atoms with Gasteiger partial charge in [-0.1, -0.05) is 69.9 Å². The summed E-state index contributed by atoms with van der Waals surface area (Å²) >= 11 is 26.8. The molecule has 0 radical (unpaired) electrons. The number of anilines is 5. The molecule has 0 unspecified atom stereocenters. The molecule has 5 aromatic carbocycles. The number of pyridine rings is 1. The summed E-state index contributed by atoms with van der Waals surface area (Å²) in [5.41, 5.74) is 5.94. The van der Waals surface area contributed by atoms with Crippen LogP contribution in [-0.4, -0.2) is 238 Å². The van der Waals surface area contributed by atoms with Crippen molar-refractivity contribution in [2.45, 2.75) is 52.1 Å². The number of thiazole rings is 1. The number of hydrogen-bond donors (Lipinski definition) is 3. The molecule has 25 nitrogen and oxygen atoms in total. The van der Waals surface area contributed by atoms with Crippen LogP contribution in [0.1, 0.15) is 57.0 Å². The number of ketones is 1. The maximum atomic E-state index is 12.8. The van der Waals surface area contributed by atoms with Crippen molar-refractivity contribution in [3.05, 3.63) is 156 Å². The fourth-order valence-electron chi connectivity index (χ4n) is 13.1. The molecule has 14 rings (SSSR count). The van der Waals surface area contributed by atoms with E-state index in [9.17, 15) is 4.79 Å². The molecule has 3 N–H and O–H groups in total. The highest BCUT2D eigenvalue weighted by Crippen LogP contribution is 2.47. The normalized spacial score (nSPS) is 16.0. The van der Waals surface area contributed by atoms with Crippen molar-refractivity contribution in [1.29, 1.82) is 0 Å². The summed E-state index contributed by atoms with van der Waals surface area (Å²) < 4.78 is 46.6. The number of nitrogens with one attached hydrogen (secondary N) is 2. The number of ether oxygens (including phenoxy) is 8. The van der Waals surface area contributed by atoms with Crippen molar-refractivity contribution in [3.8, 4) is 40.2 Å². The van der Waals surface area contributed by atoms with Crippen molar-refractivity contribution in [2.24, 2.45) is 0 Å². The number of Topliss-reactive ketones (excluding diaryl/α,β-unsaturated/α-hetero) is 1. The Balaban J connectivity index is 0.000000151. The van der Waals surface area contributed by atoms with Crippen molar-refractivity contribution in [1.82, 2.24) is 54.4 Å². The molecular formula is C77H89Cl4N15O10S. The summed E-state index contributed by atoms with van der Waals surface area (Å²) in [6.07, 6.45) is 7.95. The Morgan fingerprint density at radius 3 is 2.16 bits per heavy atom. The van der Waals surface area contributed by atoms with Gasteiger partial charge in [0, 0.05) is 158 Å². The van der Waals surface area contributed by atoms with Crippen LogP contribution in [0.25, 0.3) is 26.7 Å². The molecule has 0 amide bonds. The molecule has 566 valence electrons. The van der Waals surface area contributed by atoms with Crippen molar-refractivity contribution < 1.29 is 47.8 Å². The molecule has 4 saturated heterocycles. The van der Waals surface area contributed by atoms with E-state index < -0.39 is 0 Å². The third kappa shape index (κ3) is 20.5. The second-order valence-corrected chi connectivity index (χ2v) is 29.3. The van der Waals surface area contributed by atoms with Crippen LogP contribution in [0, 0.1) is 20.4 Å².